The van der Waals surface area contributed by atoms with Gasteiger partial charge in [-0.3, -0.25) is 4.79 Å². The summed E-state index contributed by atoms with van der Waals surface area (Å²) in [4.78, 5) is 12.1. The minimum Gasteiger partial charge on any atom is -0.268 e. The van der Waals surface area contributed by atoms with Gasteiger partial charge in [-0.15, -0.1) is 11.8 Å². The van der Waals surface area contributed by atoms with Crippen LogP contribution in [0.5, 0.6) is 0 Å². The zero-order valence-corrected chi connectivity index (χ0v) is 10.2. The van der Waals surface area contributed by atoms with Crippen molar-refractivity contribution in [2.75, 3.05) is 6.26 Å². The normalized spacial score (nSPS) is 10.9. The SMILES string of the molecule is CSc1cccc(C=Cc2ccc(=O)[nH]n2)c1. The number of hydrogen-bond donors (Lipinski definition) is 1. The van der Waals surface area contributed by atoms with E-state index in [1.807, 2.05) is 30.5 Å². The topological polar surface area (TPSA) is 45.8 Å². The van der Waals surface area contributed by atoms with Crippen LogP contribution in [-0.4, -0.2) is 16.5 Å². The average Bonchev–Trinajstić information content (AvgIpc) is 2.38. The third-order valence-corrected chi connectivity index (χ3v) is 2.97. The van der Waals surface area contributed by atoms with Crippen LogP contribution in [0.4, 0.5) is 0 Å². The van der Waals surface area contributed by atoms with E-state index in [0.717, 1.165) is 11.3 Å². The second-order valence-corrected chi connectivity index (χ2v) is 4.34. The fourth-order valence-corrected chi connectivity index (χ4v) is 1.84. The molecule has 17 heavy (non-hydrogen) atoms. The van der Waals surface area contributed by atoms with Crippen LogP contribution in [0.3, 0.4) is 0 Å². The highest BCUT2D eigenvalue weighted by molar-refractivity contribution is 7.98. The molecule has 0 saturated carbocycles. The number of rotatable bonds is 3. The molecule has 2 rings (SSSR count). The van der Waals surface area contributed by atoms with Crippen molar-refractivity contribution >= 4 is 23.9 Å². The van der Waals surface area contributed by atoms with Crippen molar-refractivity contribution in [2.45, 2.75) is 4.90 Å². The van der Waals surface area contributed by atoms with Gasteiger partial charge in [-0.05, 0) is 36.1 Å². The molecule has 0 amide bonds. The van der Waals surface area contributed by atoms with Gasteiger partial charge in [0.2, 0.25) is 0 Å². The maximum absolute atomic E-state index is 10.8. The van der Waals surface area contributed by atoms with Gasteiger partial charge in [0.05, 0.1) is 5.69 Å². The molecule has 0 aliphatic carbocycles. The Morgan fingerprint density at radius 1 is 1.24 bits per heavy atom. The van der Waals surface area contributed by atoms with Crippen LogP contribution < -0.4 is 5.56 Å². The first-order chi connectivity index (χ1) is 8.28. The van der Waals surface area contributed by atoms with Crippen molar-refractivity contribution < 1.29 is 0 Å². The molecular weight excluding hydrogens is 232 g/mol. The molecule has 1 aromatic heterocycles. The Morgan fingerprint density at radius 3 is 2.82 bits per heavy atom. The van der Waals surface area contributed by atoms with Crippen molar-refractivity contribution in [3.8, 4) is 0 Å². The molecule has 86 valence electrons. The minimum atomic E-state index is -0.188. The number of H-pyrrole nitrogens is 1. The summed E-state index contributed by atoms with van der Waals surface area (Å²) in [6, 6.07) is 11.4. The van der Waals surface area contributed by atoms with E-state index in [4.69, 9.17) is 0 Å². The van der Waals surface area contributed by atoms with Gasteiger partial charge in [-0.2, -0.15) is 5.10 Å². The zero-order valence-electron chi connectivity index (χ0n) is 9.38. The van der Waals surface area contributed by atoms with E-state index in [2.05, 4.69) is 22.3 Å². The number of nitrogens with one attached hydrogen (secondary N) is 1. The zero-order chi connectivity index (χ0) is 12.1. The largest absolute Gasteiger partial charge is 0.268 e. The molecule has 0 spiro atoms. The predicted octanol–water partition coefficient (Wildman–Crippen LogP) is 2.66. The third kappa shape index (κ3) is 3.32. The Labute approximate surface area is 104 Å². The molecule has 0 bridgehead atoms. The molecule has 0 saturated heterocycles. The van der Waals surface area contributed by atoms with Crippen molar-refractivity contribution in [2.24, 2.45) is 0 Å². The maximum Gasteiger partial charge on any atom is 0.264 e. The van der Waals surface area contributed by atoms with E-state index in [0.29, 0.717) is 0 Å². The minimum absolute atomic E-state index is 0.188. The highest BCUT2D eigenvalue weighted by atomic mass is 32.2. The Morgan fingerprint density at radius 2 is 2.12 bits per heavy atom. The van der Waals surface area contributed by atoms with Crippen LogP contribution in [0.2, 0.25) is 0 Å². The lowest BCUT2D eigenvalue weighted by molar-refractivity contribution is 0.977. The Kier molecular flexibility index (Phi) is 3.77. The quantitative estimate of drug-likeness (QED) is 0.844. The Bertz CT molecular complexity index is 569. The smallest absolute Gasteiger partial charge is 0.264 e. The highest BCUT2D eigenvalue weighted by Crippen LogP contribution is 2.17. The second-order valence-electron chi connectivity index (χ2n) is 3.46. The highest BCUT2D eigenvalue weighted by Gasteiger charge is 1.92. The van der Waals surface area contributed by atoms with Gasteiger partial charge in [0.15, 0.2) is 0 Å². The number of thioether (sulfide) groups is 1. The lowest BCUT2D eigenvalue weighted by Gasteiger charge is -1.97. The summed E-state index contributed by atoms with van der Waals surface area (Å²) in [7, 11) is 0. The van der Waals surface area contributed by atoms with Crippen molar-refractivity contribution in [1.29, 1.82) is 0 Å². The summed E-state index contributed by atoms with van der Waals surface area (Å²) in [5.41, 5.74) is 1.66. The van der Waals surface area contributed by atoms with Crippen molar-refractivity contribution in [3.63, 3.8) is 0 Å². The van der Waals surface area contributed by atoms with Crippen LogP contribution in [0.1, 0.15) is 11.3 Å². The summed E-state index contributed by atoms with van der Waals surface area (Å²) < 4.78 is 0. The number of benzene rings is 1. The molecule has 0 aliphatic heterocycles. The van der Waals surface area contributed by atoms with E-state index in [1.165, 1.54) is 11.0 Å². The van der Waals surface area contributed by atoms with E-state index >= 15 is 0 Å². The van der Waals surface area contributed by atoms with E-state index < -0.39 is 0 Å². The number of aromatic amines is 1. The molecular formula is C13H12N2OS. The molecule has 4 heteroatoms. The first-order valence-electron chi connectivity index (χ1n) is 5.16. The van der Waals surface area contributed by atoms with E-state index in [1.54, 1.807) is 17.8 Å². The summed E-state index contributed by atoms with van der Waals surface area (Å²) >= 11 is 1.71. The number of hydrogen-bond acceptors (Lipinski definition) is 3. The molecule has 1 heterocycles. The monoisotopic (exact) mass is 244 g/mol. The molecule has 3 nitrogen and oxygen atoms in total. The molecule has 0 unspecified atom stereocenters. The average molecular weight is 244 g/mol. The van der Waals surface area contributed by atoms with Gasteiger partial charge in [-0.25, -0.2) is 5.10 Å². The van der Waals surface area contributed by atoms with Crippen molar-refractivity contribution in [3.05, 3.63) is 58.0 Å². The fourth-order valence-electron chi connectivity index (χ4n) is 1.37. The standard InChI is InChI=1S/C13H12N2OS/c1-17-12-4-2-3-10(9-12)5-6-11-7-8-13(16)15-14-11/h2-9H,1H3,(H,15,16). The summed E-state index contributed by atoms with van der Waals surface area (Å²) in [5, 5.41) is 6.30. The van der Waals surface area contributed by atoms with Crippen LogP contribution in [0.25, 0.3) is 12.2 Å². The molecule has 2 aromatic rings. The van der Waals surface area contributed by atoms with Gasteiger partial charge in [0.1, 0.15) is 0 Å². The number of nitrogens with zero attached hydrogens (tertiary/aromatic N) is 1. The molecule has 0 radical (unpaired) electrons. The van der Waals surface area contributed by atoms with Gasteiger partial charge in [-0.1, -0.05) is 18.2 Å². The summed E-state index contributed by atoms with van der Waals surface area (Å²) in [6.45, 7) is 0. The molecule has 1 aromatic carbocycles. The molecule has 0 fully saturated rings. The molecule has 1 N–H and O–H groups in total. The Hall–Kier alpha value is -1.81. The van der Waals surface area contributed by atoms with Crippen LogP contribution in [0, 0.1) is 0 Å². The summed E-state index contributed by atoms with van der Waals surface area (Å²) in [6.07, 6.45) is 5.89. The molecule has 0 aliphatic rings. The van der Waals surface area contributed by atoms with Crippen molar-refractivity contribution in [1.82, 2.24) is 10.2 Å². The number of aromatic nitrogens is 2. The maximum atomic E-state index is 10.8. The van der Waals surface area contributed by atoms with Gasteiger partial charge >= 0.3 is 0 Å². The van der Waals surface area contributed by atoms with Crippen LogP contribution >= 0.6 is 11.8 Å². The second kappa shape index (κ2) is 5.50. The molecule has 0 atom stereocenters. The fraction of sp³-hybridized carbons (Fsp3) is 0.0769. The van der Waals surface area contributed by atoms with E-state index in [-0.39, 0.29) is 5.56 Å². The first-order valence-corrected chi connectivity index (χ1v) is 6.38. The lowest BCUT2D eigenvalue weighted by Crippen LogP contribution is -2.05. The first kappa shape index (κ1) is 11.7. The van der Waals surface area contributed by atoms with Gasteiger partial charge < -0.3 is 0 Å². The third-order valence-electron chi connectivity index (χ3n) is 2.24. The van der Waals surface area contributed by atoms with Gasteiger partial charge in [0.25, 0.3) is 5.56 Å². The summed E-state index contributed by atoms with van der Waals surface area (Å²) in [5.74, 6) is 0. The van der Waals surface area contributed by atoms with Crippen LogP contribution in [0.15, 0.2) is 46.1 Å². The predicted molar refractivity (Wildman–Crippen MR) is 72.0 cm³/mol. The van der Waals surface area contributed by atoms with E-state index in [9.17, 15) is 4.79 Å². The van der Waals surface area contributed by atoms with Crippen LogP contribution in [-0.2, 0) is 0 Å². The van der Waals surface area contributed by atoms with Gasteiger partial charge in [0, 0.05) is 11.0 Å². The Balaban J connectivity index is 2.19. The lowest BCUT2D eigenvalue weighted by atomic mass is 10.2.